The van der Waals surface area contributed by atoms with Crippen molar-refractivity contribution in [3.63, 3.8) is 0 Å². The van der Waals surface area contributed by atoms with E-state index in [1.165, 1.54) is 6.92 Å². The van der Waals surface area contributed by atoms with Gasteiger partial charge in [0.15, 0.2) is 6.10 Å². The molecule has 0 bridgehead atoms. The molecule has 120 valence electrons. The highest BCUT2D eigenvalue weighted by Gasteiger charge is 2.24. The lowest BCUT2D eigenvalue weighted by molar-refractivity contribution is -0.143. The van der Waals surface area contributed by atoms with E-state index in [9.17, 15) is 14.4 Å². The first-order valence-corrected chi connectivity index (χ1v) is 7.08. The maximum Gasteiger partial charge on any atom is 0.326 e. The number of hydrogen-bond donors (Lipinski definition) is 2. The van der Waals surface area contributed by atoms with Gasteiger partial charge < -0.3 is 15.2 Å². The Hall–Kier alpha value is -2.37. The molecule has 1 amide bonds. The Labute approximate surface area is 129 Å². The lowest BCUT2D eigenvalue weighted by atomic mass is 10.0. The van der Waals surface area contributed by atoms with Gasteiger partial charge in [-0.15, -0.1) is 0 Å². The lowest BCUT2D eigenvalue weighted by Crippen LogP contribution is -2.46. The molecule has 1 aromatic carbocycles. The molecule has 0 aliphatic carbocycles. The van der Waals surface area contributed by atoms with Crippen LogP contribution in [0.15, 0.2) is 24.3 Å². The first-order chi connectivity index (χ1) is 10.3. The predicted octanol–water partition coefficient (Wildman–Crippen LogP) is 1.88. The van der Waals surface area contributed by atoms with Gasteiger partial charge in [0.25, 0.3) is 5.91 Å². The van der Waals surface area contributed by atoms with E-state index in [4.69, 9.17) is 9.84 Å². The van der Waals surface area contributed by atoms with E-state index in [2.05, 4.69) is 5.32 Å². The normalized spacial score (nSPS) is 13.3. The summed E-state index contributed by atoms with van der Waals surface area (Å²) in [4.78, 5) is 33.7. The van der Waals surface area contributed by atoms with Crippen molar-refractivity contribution in [3.8, 4) is 5.75 Å². The van der Waals surface area contributed by atoms with Crippen molar-refractivity contribution in [2.24, 2.45) is 5.92 Å². The lowest BCUT2D eigenvalue weighted by Gasteiger charge is -2.20. The first kappa shape index (κ1) is 17.7. The number of carboxylic acids is 1. The number of amides is 1. The van der Waals surface area contributed by atoms with E-state index in [1.54, 1.807) is 24.3 Å². The summed E-state index contributed by atoms with van der Waals surface area (Å²) >= 11 is 0. The van der Waals surface area contributed by atoms with E-state index < -0.39 is 24.0 Å². The smallest absolute Gasteiger partial charge is 0.326 e. The minimum absolute atomic E-state index is 0.147. The molecule has 0 aromatic heterocycles. The molecule has 0 spiro atoms. The molecular formula is C16H21NO5. The average Bonchev–Trinajstić information content (AvgIpc) is 2.46. The van der Waals surface area contributed by atoms with Crippen molar-refractivity contribution in [3.05, 3.63) is 29.8 Å². The predicted molar refractivity (Wildman–Crippen MR) is 80.9 cm³/mol. The molecule has 1 rings (SSSR count). The number of carbonyl (C=O) groups excluding carboxylic acids is 2. The zero-order chi connectivity index (χ0) is 16.7. The minimum Gasteiger partial charge on any atom is -0.481 e. The first-order valence-electron chi connectivity index (χ1n) is 7.08. The summed E-state index contributed by atoms with van der Waals surface area (Å²) in [5.41, 5.74) is 0.507. The van der Waals surface area contributed by atoms with Gasteiger partial charge in [-0.3, -0.25) is 9.59 Å². The molecule has 2 atom stereocenters. The maximum atomic E-state index is 12.0. The highest BCUT2D eigenvalue weighted by atomic mass is 16.5. The van der Waals surface area contributed by atoms with Crippen LogP contribution in [-0.2, 0) is 9.59 Å². The Bertz CT molecular complexity index is 524. The van der Waals surface area contributed by atoms with Crippen LogP contribution in [0.1, 0.15) is 37.6 Å². The van der Waals surface area contributed by atoms with Gasteiger partial charge in [0.05, 0.1) is 0 Å². The Morgan fingerprint density at radius 2 is 1.82 bits per heavy atom. The largest absolute Gasteiger partial charge is 0.481 e. The van der Waals surface area contributed by atoms with Crippen molar-refractivity contribution < 1.29 is 24.2 Å². The maximum absolute atomic E-state index is 12.0. The Morgan fingerprint density at radius 3 is 2.27 bits per heavy atom. The van der Waals surface area contributed by atoms with Gasteiger partial charge in [0.1, 0.15) is 18.1 Å². The van der Waals surface area contributed by atoms with E-state index >= 15 is 0 Å². The highest BCUT2D eigenvalue weighted by molar-refractivity contribution is 5.86. The van der Waals surface area contributed by atoms with Gasteiger partial charge in [-0.05, 0) is 43.5 Å². The number of benzene rings is 1. The SMILES string of the molecule is CC(C)CC(NC(=O)C(C)Oc1ccc(C=O)cc1)C(=O)O. The van der Waals surface area contributed by atoms with E-state index in [0.29, 0.717) is 24.0 Å². The third-order valence-electron chi connectivity index (χ3n) is 3.02. The van der Waals surface area contributed by atoms with Gasteiger partial charge in [-0.25, -0.2) is 4.79 Å². The molecule has 0 aliphatic heterocycles. The molecule has 0 saturated carbocycles. The topological polar surface area (TPSA) is 92.7 Å². The summed E-state index contributed by atoms with van der Waals surface area (Å²) in [6, 6.07) is 5.38. The average molecular weight is 307 g/mol. The molecular weight excluding hydrogens is 286 g/mol. The van der Waals surface area contributed by atoms with Crippen molar-refractivity contribution in [2.45, 2.75) is 39.3 Å². The van der Waals surface area contributed by atoms with E-state index in [0.717, 1.165) is 0 Å². The minimum atomic E-state index is -1.07. The van der Waals surface area contributed by atoms with Crippen molar-refractivity contribution in [2.75, 3.05) is 0 Å². The fourth-order valence-electron chi connectivity index (χ4n) is 1.86. The fourth-order valence-corrected chi connectivity index (χ4v) is 1.86. The van der Waals surface area contributed by atoms with Gasteiger partial charge in [-0.2, -0.15) is 0 Å². The molecule has 6 heteroatoms. The zero-order valence-electron chi connectivity index (χ0n) is 12.9. The van der Waals surface area contributed by atoms with Crippen LogP contribution < -0.4 is 10.1 Å². The van der Waals surface area contributed by atoms with Crippen molar-refractivity contribution >= 4 is 18.2 Å². The summed E-state index contributed by atoms with van der Waals surface area (Å²) < 4.78 is 5.44. The van der Waals surface area contributed by atoms with E-state index in [1.807, 2.05) is 13.8 Å². The van der Waals surface area contributed by atoms with Gasteiger partial charge in [-0.1, -0.05) is 13.8 Å². The second-order valence-corrected chi connectivity index (χ2v) is 5.48. The van der Waals surface area contributed by atoms with E-state index in [-0.39, 0.29) is 5.92 Å². The van der Waals surface area contributed by atoms with Crippen LogP contribution in [0.3, 0.4) is 0 Å². The molecule has 2 N–H and O–H groups in total. The van der Waals surface area contributed by atoms with Gasteiger partial charge >= 0.3 is 5.97 Å². The van der Waals surface area contributed by atoms with Gasteiger partial charge in [0.2, 0.25) is 0 Å². The van der Waals surface area contributed by atoms with Crippen LogP contribution in [0.25, 0.3) is 0 Å². The molecule has 0 aliphatic rings. The number of rotatable bonds is 8. The second kappa shape index (κ2) is 8.17. The number of aliphatic carboxylic acids is 1. The summed E-state index contributed by atoms with van der Waals surface area (Å²) in [5, 5.41) is 11.6. The number of nitrogens with one attached hydrogen (secondary N) is 1. The molecule has 0 heterocycles. The van der Waals surface area contributed by atoms with Crippen LogP contribution in [0.2, 0.25) is 0 Å². The number of carbonyl (C=O) groups is 3. The molecule has 1 aromatic rings. The van der Waals surface area contributed by atoms with Crippen molar-refractivity contribution in [1.29, 1.82) is 0 Å². The zero-order valence-corrected chi connectivity index (χ0v) is 12.9. The van der Waals surface area contributed by atoms with Crippen LogP contribution >= 0.6 is 0 Å². The standard InChI is InChI=1S/C16H21NO5/c1-10(2)8-14(16(20)21)17-15(19)11(3)22-13-6-4-12(9-18)5-7-13/h4-7,9-11,14H,8H2,1-3H3,(H,17,19)(H,20,21). The van der Waals surface area contributed by atoms with Crippen LogP contribution in [-0.4, -0.2) is 35.4 Å². The van der Waals surface area contributed by atoms with Crippen LogP contribution in [0.5, 0.6) is 5.75 Å². The highest BCUT2D eigenvalue weighted by Crippen LogP contribution is 2.13. The van der Waals surface area contributed by atoms with Crippen LogP contribution in [0, 0.1) is 5.92 Å². The molecule has 0 fully saturated rings. The second-order valence-electron chi connectivity index (χ2n) is 5.48. The molecule has 2 unspecified atom stereocenters. The quantitative estimate of drug-likeness (QED) is 0.715. The van der Waals surface area contributed by atoms with Gasteiger partial charge in [0, 0.05) is 5.56 Å². The van der Waals surface area contributed by atoms with Crippen LogP contribution in [0.4, 0.5) is 0 Å². The third kappa shape index (κ3) is 5.55. The Balaban J connectivity index is 2.62. The third-order valence-corrected chi connectivity index (χ3v) is 3.02. The monoisotopic (exact) mass is 307 g/mol. The fraction of sp³-hybridized carbons (Fsp3) is 0.438. The summed E-state index contributed by atoms with van der Waals surface area (Å²) in [6.07, 6.45) is 0.224. The summed E-state index contributed by atoms with van der Waals surface area (Å²) in [6.45, 7) is 5.31. The Morgan fingerprint density at radius 1 is 1.23 bits per heavy atom. The number of carboxylic acid groups (broad SMARTS) is 1. The molecule has 0 saturated heterocycles. The number of hydrogen-bond acceptors (Lipinski definition) is 4. The molecule has 22 heavy (non-hydrogen) atoms. The number of ether oxygens (including phenoxy) is 1. The molecule has 6 nitrogen and oxygen atoms in total. The Kier molecular flexibility index (Phi) is 6.56. The van der Waals surface area contributed by atoms with Crippen molar-refractivity contribution in [1.82, 2.24) is 5.32 Å². The summed E-state index contributed by atoms with van der Waals surface area (Å²) in [5.74, 6) is -0.977. The molecule has 0 radical (unpaired) electrons. The summed E-state index contributed by atoms with van der Waals surface area (Å²) in [7, 11) is 0. The number of aldehydes is 1.